The van der Waals surface area contributed by atoms with E-state index < -0.39 is 0 Å². The van der Waals surface area contributed by atoms with Crippen molar-refractivity contribution in [3.63, 3.8) is 0 Å². The van der Waals surface area contributed by atoms with E-state index in [4.69, 9.17) is 15.1 Å². The van der Waals surface area contributed by atoms with Crippen molar-refractivity contribution < 1.29 is 9.90 Å². The molecule has 0 radical (unpaired) electrons. The molecule has 1 aliphatic rings. The number of thiophene rings is 1. The SMILES string of the molecule is O=C(NCCO)[C@H]1CCCN(c2nc(NCc3ccccn3)c3c(-c4ccccc4)csc3n2)C1. The molecule has 9 heteroatoms. The van der Waals surface area contributed by atoms with Crippen molar-refractivity contribution in [3.05, 3.63) is 65.8 Å². The summed E-state index contributed by atoms with van der Waals surface area (Å²) in [5.74, 6) is 1.22. The molecule has 1 atom stereocenters. The molecule has 8 nitrogen and oxygen atoms in total. The summed E-state index contributed by atoms with van der Waals surface area (Å²) in [7, 11) is 0. The van der Waals surface area contributed by atoms with Crippen molar-refractivity contribution >= 4 is 39.2 Å². The molecule has 3 aromatic heterocycles. The molecule has 1 aliphatic heterocycles. The van der Waals surface area contributed by atoms with Gasteiger partial charge in [-0.2, -0.15) is 4.98 Å². The van der Waals surface area contributed by atoms with E-state index in [2.05, 4.69) is 38.0 Å². The molecule has 4 heterocycles. The number of nitrogens with one attached hydrogen (secondary N) is 2. The number of amides is 1. The van der Waals surface area contributed by atoms with Gasteiger partial charge in [-0.25, -0.2) is 4.98 Å². The second kappa shape index (κ2) is 10.8. The van der Waals surface area contributed by atoms with Crippen LogP contribution in [0.1, 0.15) is 18.5 Å². The van der Waals surface area contributed by atoms with E-state index in [0.29, 0.717) is 19.0 Å². The van der Waals surface area contributed by atoms with Gasteiger partial charge >= 0.3 is 0 Å². The Morgan fingerprint density at radius 1 is 1.14 bits per heavy atom. The van der Waals surface area contributed by atoms with Crippen LogP contribution in [0.25, 0.3) is 21.3 Å². The number of rotatable bonds is 8. The second-order valence-electron chi connectivity index (χ2n) is 8.54. The Bertz CT molecular complexity index is 1280. The summed E-state index contributed by atoms with van der Waals surface area (Å²) >= 11 is 1.60. The van der Waals surface area contributed by atoms with Gasteiger partial charge in [0, 0.05) is 36.8 Å². The average molecular weight is 489 g/mol. The van der Waals surface area contributed by atoms with E-state index in [0.717, 1.165) is 52.2 Å². The quantitative estimate of drug-likeness (QED) is 0.348. The van der Waals surface area contributed by atoms with Crippen molar-refractivity contribution in [2.75, 3.05) is 36.5 Å². The fourth-order valence-corrected chi connectivity index (χ4v) is 5.35. The summed E-state index contributed by atoms with van der Waals surface area (Å²) < 4.78 is 0. The van der Waals surface area contributed by atoms with Crippen LogP contribution in [0, 0.1) is 5.92 Å². The Kier molecular flexibility index (Phi) is 7.15. The maximum atomic E-state index is 12.5. The first kappa shape index (κ1) is 23.2. The van der Waals surface area contributed by atoms with Crippen molar-refractivity contribution in [1.29, 1.82) is 0 Å². The van der Waals surface area contributed by atoms with Crippen molar-refractivity contribution in [1.82, 2.24) is 20.3 Å². The van der Waals surface area contributed by atoms with Crippen LogP contribution >= 0.6 is 11.3 Å². The van der Waals surface area contributed by atoms with E-state index in [1.807, 2.05) is 36.4 Å². The average Bonchev–Trinajstić information content (AvgIpc) is 3.36. The minimum atomic E-state index is -0.150. The van der Waals surface area contributed by atoms with Gasteiger partial charge in [0.2, 0.25) is 11.9 Å². The molecule has 0 unspecified atom stereocenters. The zero-order valence-electron chi connectivity index (χ0n) is 19.4. The molecule has 0 aliphatic carbocycles. The number of hydrogen-bond acceptors (Lipinski definition) is 8. The minimum Gasteiger partial charge on any atom is -0.395 e. The largest absolute Gasteiger partial charge is 0.395 e. The Morgan fingerprint density at radius 2 is 2.00 bits per heavy atom. The van der Waals surface area contributed by atoms with Gasteiger partial charge in [-0.05, 0) is 30.5 Å². The maximum absolute atomic E-state index is 12.5. The van der Waals surface area contributed by atoms with E-state index in [1.54, 1.807) is 17.5 Å². The van der Waals surface area contributed by atoms with Crippen LogP contribution in [0.5, 0.6) is 0 Å². The van der Waals surface area contributed by atoms with E-state index in [1.165, 1.54) is 0 Å². The third-order valence-corrected chi connectivity index (χ3v) is 7.03. The van der Waals surface area contributed by atoms with Crippen molar-refractivity contribution in [3.8, 4) is 11.1 Å². The van der Waals surface area contributed by atoms with Crippen LogP contribution in [-0.4, -0.2) is 52.2 Å². The van der Waals surface area contributed by atoms with Gasteiger partial charge in [0.05, 0.1) is 30.1 Å². The predicted octanol–water partition coefficient (Wildman–Crippen LogP) is 3.69. The van der Waals surface area contributed by atoms with Gasteiger partial charge in [0.25, 0.3) is 0 Å². The van der Waals surface area contributed by atoms with E-state index in [9.17, 15) is 4.79 Å². The Hall–Kier alpha value is -3.56. The number of aromatic nitrogens is 3. The molecular formula is C26H28N6O2S. The smallest absolute Gasteiger partial charge is 0.228 e. The zero-order chi connectivity index (χ0) is 24.0. The molecule has 1 aromatic carbocycles. The van der Waals surface area contributed by atoms with Gasteiger partial charge in [0.1, 0.15) is 10.6 Å². The molecule has 1 fully saturated rings. The molecule has 1 amide bonds. The highest BCUT2D eigenvalue weighted by molar-refractivity contribution is 7.17. The molecule has 35 heavy (non-hydrogen) atoms. The van der Waals surface area contributed by atoms with Gasteiger partial charge in [-0.1, -0.05) is 36.4 Å². The maximum Gasteiger partial charge on any atom is 0.228 e. The fourth-order valence-electron chi connectivity index (χ4n) is 4.40. The number of carbonyl (C=O) groups is 1. The summed E-state index contributed by atoms with van der Waals surface area (Å²) in [5, 5.41) is 18.5. The molecule has 180 valence electrons. The standard InChI is InChI=1S/C26H28N6O2S/c33-14-12-28-24(34)19-9-6-13-32(16-19)26-30-23(29-15-20-10-4-5-11-27-20)22-21(17-35-25(22)31-26)18-7-2-1-3-8-18/h1-5,7-8,10-11,17,19,33H,6,9,12-16H2,(H,28,34)(H,29,30,31)/t19-/m0/s1. The number of benzene rings is 1. The molecule has 0 spiro atoms. The molecule has 5 rings (SSSR count). The zero-order valence-corrected chi connectivity index (χ0v) is 20.2. The van der Waals surface area contributed by atoms with Crippen LogP contribution in [0.4, 0.5) is 11.8 Å². The lowest BCUT2D eigenvalue weighted by molar-refractivity contribution is -0.125. The van der Waals surface area contributed by atoms with Gasteiger partial charge in [-0.15, -0.1) is 11.3 Å². The van der Waals surface area contributed by atoms with Crippen LogP contribution < -0.4 is 15.5 Å². The molecule has 1 saturated heterocycles. The Balaban J connectivity index is 1.49. The summed E-state index contributed by atoms with van der Waals surface area (Å²) in [4.78, 5) is 29.8. The van der Waals surface area contributed by atoms with Gasteiger partial charge in [0.15, 0.2) is 0 Å². The summed E-state index contributed by atoms with van der Waals surface area (Å²) in [5.41, 5.74) is 3.14. The highest BCUT2D eigenvalue weighted by Crippen LogP contribution is 2.38. The number of aliphatic hydroxyl groups is 1. The third-order valence-electron chi connectivity index (χ3n) is 6.16. The first-order valence-electron chi connectivity index (χ1n) is 11.8. The number of nitrogens with zero attached hydrogens (tertiary/aromatic N) is 4. The lowest BCUT2D eigenvalue weighted by Crippen LogP contribution is -2.44. The Labute approximate surface area is 208 Å². The van der Waals surface area contributed by atoms with Crippen molar-refractivity contribution in [2.45, 2.75) is 19.4 Å². The van der Waals surface area contributed by atoms with Crippen molar-refractivity contribution in [2.24, 2.45) is 5.92 Å². The van der Waals surface area contributed by atoms with E-state index >= 15 is 0 Å². The number of hydrogen-bond donors (Lipinski definition) is 3. The lowest BCUT2D eigenvalue weighted by Gasteiger charge is -2.32. The van der Waals surface area contributed by atoms with Crippen LogP contribution in [0.3, 0.4) is 0 Å². The number of pyridine rings is 1. The van der Waals surface area contributed by atoms with E-state index in [-0.39, 0.29) is 25.0 Å². The van der Waals surface area contributed by atoms with Crippen LogP contribution in [0.15, 0.2) is 60.1 Å². The second-order valence-corrected chi connectivity index (χ2v) is 9.40. The summed E-state index contributed by atoms with van der Waals surface area (Å²) in [6, 6.07) is 16.1. The number of piperidine rings is 1. The molecule has 3 N–H and O–H groups in total. The number of carbonyl (C=O) groups excluding carboxylic acids is 1. The molecule has 0 saturated carbocycles. The fraction of sp³-hybridized carbons (Fsp3) is 0.308. The highest BCUT2D eigenvalue weighted by Gasteiger charge is 2.28. The Morgan fingerprint density at radius 3 is 2.80 bits per heavy atom. The summed E-state index contributed by atoms with van der Waals surface area (Å²) in [6.07, 6.45) is 3.49. The molecule has 4 aromatic rings. The first-order valence-corrected chi connectivity index (χ1v) is 12.7. The van der Waals surface area contributed by atoms with Gasteiger partial charge < -0.3 is 20.6 Å². The minimum absolute atomic E-state index is 0.0270. The predicted molar refractivity (Wildman–Crippen MR) is 139 cm³/mol. The topological polar surface area (TPSA) is 103 Å². The molecule has 0 bridgehead atoms. The highest BCUT2D eigenvalue weighted by atomic mass is 32.1. The number of anilines is 2. The summed E-state index contributed by atoms with van der Waals surface area (Å²) in [6.45, 7) is 2.11. The number of aliphatic hydroxyl groups excluding tert-OH is 1. The third kappa shape index (κ3) is 5.26. The lowest BCUT2D eigenvalue weighted by atomic mass is 9.97. The monoisotopic (exact) mass is 488 g/mol. The first-order chi connectivity index (χ1) is 17.2. The van der Waals surface area contributed by atoms with Crippen LogP contribution in [0.2, 0.25) is 0 Å². The van der Waals surface area contributed by atoms with Crippen LogP contribution in [-0.2, 0) is 11.3 Å². The van der Waals surface area contributed by atoms with Gasteiger partial charge in [-0.3, -0.25) is 9.78 Å². The molecular weight excluding hydrogens is 460 g/mol. The normalized spacial score (nSPS) is 15.8. The number of fused-ring (bicyclic) bond motifs is 1.